The fourth-order valence-corrected chi connectivity index (χ4v) is 9.64. The average molecular weight is 656 g/mol. The zero-order valence-corrected chi connectivity index (χ0v) is 27.8. The van der Waals surface area contributed by atoms with E-state index in [9.17, 15) is 0 Å². The molecule has 0 bridgehead atoms. The van der Waals surface area contributed by atoms with Crippen LogP contribution in [0.25, 0.3) is 43.7 Å². The van der Waals surface area contributed by atoms with Crippen LogP contribution in [0, 0.1) is 0 Å². The molecule has 0 radical (unpaired) electrons. The van der Waals surface area contributed by atoms with E-state index < -0.39 is 0 Å². The van der Waals surface area contributed by atoms with Crippen LogP contribution in [-0.2, 0) is 0 Å². The predicted molar refractivity (Wildman–Crippen MR) is 209 cm³/mol. The Bertz CT molecular complexity index is 2770. The minimum absolute atomic E-state index is 0.00220. The summed E-state index contributed by atoms with van der Waals surface area (Å²) in [5, 5.41) is 5.03. The lowest BCUT2D eigenvalue weighted by molar-refractivity contribution is 0.697. The summed E-state index contributed by atoms with van der Waals surface area (Å²) in [7, 11) is 0. The molecule has 2 aliphatic heterocycles. The monoisotopic (exact) mass is 655 g/mol. The van der Waals surface area contributed by atoms with Crippen molar-refractivity contribution in [2.24, 2.45) is 9.98 Å². The van der Waals surface area contributed by atoms with E-state index in [-0.39, 0.29) is 11.4 Å². The highest BCUT2D eigenvalue weighted by Gasteiger charge is 2.39. The van der Waals surface area contributed by atoms with Gasteiger partial charge in [-0.3, -0.25) is 14.6 Å². The zero-order valence-electron chi connectivity index (χ0n) is 27.0. The molecule has 1 aliphatic carbocycles. The summed E-state index contributed by atoms with van der Waals surface area (Å²) in [6.07, 6.45) is 0. The van der Waals surface area contributed by atoms with E-state index in [1.807, 2.05) is 11.8 Å². The van der Waals surface area contributed by atoms with Crippen molar-refractivity contribution in [2.45, 2.75) is 16.3 Å². The molecule has 7 aromatic carbocycles. The molecular weight excluding hydrogens is 627 g/mol. The number of rotatable bonds is 3. The van der Waals surface area contributed by atoms with Gasteiger partial charge in [0.25, 0.3) is 0 Å². The third kappa shape index (κ3) is 3.94. The van der Waals surface area contributed by atoms with E-state index in [4.69, 9.17) is 9.98 Å². The molecule has 2 atom stereocenters. The van der Waals surface area contributed by atoms with Crippen molar-refractivity contribution >= 4 is 67.0 Å². The number of hydrogen-bond donors (Lipinski definition) is 0. The Morgan fingerprint density at radius 2 is 1.06 bits per heavy atom. The van der Waals surface area contributed by atoms with Crippen LogP contribution in [0.4, 0.5) is 0 Å². The summed E-state index contributed by atoms with van der Waals surface area (Å²) < 4.78 is 2.41. The van der Waals surface area contributed by atoms with Crippen molar-refractivity contribution in [3.63, 3.8) is 0 Å². The topological polar surface area (TPSA) is 29.6 Å². The first-order chi connectivity index (χ1) is 24.8. The highest BCUT2D eigenvalue weighted by molar-refractivity contribution is 8.00. The van der Waals surface area contributed by atoms with Crippen molar-refractivity contribution in [1.29, 1.82) is 0 Å². The van der Waals surface area contributed by atoms with E-state index in [0.717, 1.165) is 28.1 Å². The summed E-state index contributed by atoms with van der Waals surface area (Å²) in [4.78, 5) is 12.5. The average Bonchev–Trinajstić information content (AvgIpc) is 3.68. The minimum atomic E-state index is -0.0530. The molecule has 1 aromatic heterocycles. The molecule has 3 nitrogen and oxygen atoms in total. The van der Waals surface area contributed by atoms with Crippen LogP contribution < -0.4 is 0 Å². The second kappa shape index (κ2) is 10.8. The maximum atomic E-state index is 5.69. The largest absolute Gasteiger partial charge is 0.292 e. The van der Waals surface area contributed by atoms with Crippen LogP contribution in [0.1, 0.15) is 39.4 Å². The number of fused-ring (bicyclic) bond motifs is 3. The van der Waals surface area contributed by atoms with Crippen LogP contribution in [-0.4, -0.2) is 21.5 Å². The lowest BCUT2D eigenvalue weighted by Gasteiger charge is -2.25. The standard InChI is InChI=1S/C46H29N3S/c1-4-14-28(15-5-1)38-33-22-12-20-30-26-27-36-42(40(30)33)41-34(39(38)29-16-6-2-7-17-29)23-13-24-35(41)49(36)45-43(31-18-8-3-9-19-31)48-46-44(47-45)32-21-10-11-25-37(32)50-46/h1-27,44,46H. The fourth-order valence-electron chi connectivity index (χ4n) is 8.40. The van der Waals surface area contributed by atoms with Crippen molar-refractivity contribution in [3.8, 4) is 0 Å². The number of thioether (sulfide) groups is 1. The van der Waals surface area contributed by atoms with Gasteiger partial charge in [-0.05, 0) is 67.9 Å². The van der Waals surface area contributed by atoms with Gasteiger partial charge in [-0.15, -0.1) is 0 Å². The van der Waals surface area contributed by atoms with Crippen LogP contribution >= 0.6 is 11.8 Å². The minimum Gasteiger partial charge on any atom is -0.292 e. The van der Waals surface area contributed by atoms with Gasteiger partial charge in [0.15, 0.2) is 5.84 Å². The predicted octanol–water partition coefficient (Wildman–Crippen LogP) is 11.2. The molecule has 11 rings (SSSR count). The fraction of sp³-hybridized carbons (Fsp3) is 0.0435. The second-order valence-electron chi connectivity index (χ2n) is 13.2. The van der Waals surface area contributed by atoms with E-state index in [0.29, 0.717) is 0 Å². The number of aliphatic imine (C=N–C) groups is 2. The van der Waals surface area contributed by atoms with Gasteiger partial charge in [0.05, 0.1) is 11.0 Å². The third-order valence-corrected chi connectivity index (χ3v) is 11.7. The van der Waals surface area contributed by atoms with E-state index in [1.165, 1.54) is 65.4 Å². The van der Waals surface area contributed by atoms with E-state index >= 15 is 0 Å². The maximum absolute atomic E-state index is 5.69. The molecule has 8 aromatic rings. The number of aromatic nitrogens is 1. The molecule has 0 saturated carbocycles. The summed E-state index contributed by atoms with van der Waals surface area (Å²) in [6, 6.07) is 59.2. The van der Waals surface area contributed by atoms with Gasteiger partial charge in [-0.25, -0.2) is 0 Å². The zero-order chi connectivity index (χ0) is 32.8. The van der Waals surface area contributed by atoms with E-state index in [2.05, 4.69) is 168 Å². The van der Waals surface area contributed by atoms with Crippen LogP contribution in [0.5, 0.6) is 0 Å². The number of hydrogen-bond acceptors (Lipinski definition) is 3. The molecule has 0 spiro atoms. The molecule has 3 heterocycles. The molecule has 3 aliphatic rings. The number of benzene rings is 7. The highest BCUT2D eigenvalue weighted by atomic mass is 32.2. The maximum Gasteiger partial charge on any atom is 0.160 e. The van der Waals surface area contributed by atoms with Crippen molar-refractivity contribution in [3.05, 3.63) is 197 Å². The van der Waals surface area contributed by atoms with Gasteiger partial charge in [0.1, 0.15) is 17.1 Å². The van der Waals surface area contributed by atoms with Gasteiger partial charge in [0.2, 0.25) is 0 Å². The summed E-state index contributed by atoms with van der Waals surface area (Å²) in [5.41, 5.74) is 13.0. The molecule has 0 saturated heterocycles. The molecule has 234 valence electrons. The van der Waals surface area contributed by atoms with Gasteiger partial charge in [-0.1, -0.05) is 157 Å². The summed E-state index contributed by atoms with van der Waals surface area (Å²) in [5.74, 6) is 0.901. The summed E-state index contributed by atoms with van der Waals surface area (Å²) >= 11 is 1.83. The molecule has 4 heteroatoms. The second-order valence-corrected chi connectivity index (χ2v) is 14.3. The molecule has 0 amide bonds. The first-order valence-electron chi connectivity index (χ1n) is 17.2. The SMILES string of the molecule is c1ccc(C2=NC3Sc4ccccc4C3N=C2n2c3cccc4c3c3c5c(cccc5ccc32)C(c2ccccc2)=C4c2ccccc2)cc1. The van der Waals surface area contributed by atoms with Gasteiger partial charge >= 0.3 is 0 Å². The van der Waals surface area contributed by atoms with Gasteiger partial charge in [0, 0.05) is 21.2 Å². The highest BCUT2D eigenvalue weighted by Crippen LogP contribution is 2.51. The van der Waals surface area contributed by atoms with Crippen molar-refractivity contribution < 1.29 is 0 Å². The Morgan fingerprint density at radius 3 is 1.78 bits per heavy atom. The Morgan fingerprint density at radius 1 is 0.460 bits per heavy atom. The summed E-state index contributed by atoms with van der Waals surface area (Å²) in [6.45, 7) is 0. The van der Waals surface area contributed by atoms with Crippen LogP contribution in [0.3, 0.4) is 0 Å². The molecule has 50 heavy (non-hydrogen) atoms. The smallest absolute Gasteiger partial charge is 0.160 e. The Kier molecular flexibility index (Phi) is 6.01. The van der Waals surface area contributed by atoms with E-state index in [1.54, 1.807) is 0 Å². The molecule has 2 unspecified atom stereocenters. The third-order valence-electron chi connectivity index (χ3n) is 10.5. The Hall–Kier alpha value is -5.97. The molecular formula is C46H29N3S. The lowest BCUT2D eigenvalue weighted by atomic mass is 9.85. The molecule has 0 fully saturated rings. The quantitative estimate of drug-likeness (QED) is 0.186. The van der Waals surface area contributed by atoms with Gasteiger partial charge in [-0.2, -0.15) is 0 Å². The first-order valence-corrected chi connectivity index (χ1v) is 18.0. The van der Waals surface area contributed by atoms with Crippen molar-refractivity contribution in [2.75, 3.05) is 0 Å². The first kappa shape index (κ1) is 27.9. The Balaban J connectivity index is 1.30. The van der Waals surface area contributed by atoms with Crippen LogP contribution in [0.15, 0.2) is 179 Å². The van der Waals surface area contributed by atoms with Crippen LogP contribution in [0.2, 0.25) is 0 Å². The normalized spacial score (nSPS) is 17.7. The van der Waals surface area contributed by atoms with Crippen molar-refractivity contribution in [1.82, 2.24) is 4.57 Å². The Labute approximate surface area is 294 Å². The van der Waals surface area contributed by atoms with Gasteiger partial charge < -0.3 is 0 Å². The lowest BCUT2D eigenvalue weighted by Crippen LogP contribution is -2.31. The molecule has 0 N–H and O–H groups in total. The number of nitrogens with zero attached hydrogens (tertiary/aromatic N) is 3.